The molecule has 0 spiro atoms. The molecule has 0 radical (unpaired) electrons. The number of hydrogen-bond donors (Lipinski definition) is 1. The number of nitrogens with zero attached hydrogens (tertiary/aromatic N) is 1. The fourth-order valence-electron chi connectivity index (χ4n) is 2.68. The topological polar surface area (TPSA) is 59.9 Å². The Morgan fingerprint density at radius 3 is 2.90 bits per heavy atom. The van der Waals surface area contributed by atoms with Crippen LogP contribution in [0.4, 0.5) is 0 Å². The number of carbonyl (C=O) groups excluding carboxylic acids is 1. The zero-order chi connectivity index (χ0) is 14.7. The number of fused-ring (bicyclic) bond motifs is 1. The van der Waals surface area contributed by atoms with Gasteiger partial charge < -0.3 is 9.47 Å². The van der Waals surface area contributed by atoms with Crippen molar-refractivity contribution in [2.45, 2.75) is 38.7 Å². The summed E-state index contributed by atoms with van der Waals surface area (Å²) in [6, 6.07) is 7.35. The van der Waals surface area contributed by atoms with Crippen molar-refractivity contribution in [3.63, 3.8) is 0 Å². The van der Waals surface area contributed by atoms with E-state index < -0.39 is 6.10 Å². The van der Waals surface area contributed by atoms with Crippen LogP contribution in [0.3, 0.4) is 0 Å². The lowest BCUT2D eigenvalue weighted by molar-refractivity contribution is -0.130. The van der Waals surface area contributed by atoms with Crippen molar-refractivity contribution < 1.29 is 14.3 Å². The van der Waals surface area contributed by atoms with Crippen molar-refractivity contribution in [3.8, 4) is 11.5 Å². The summed E-state index contributed by atoms with van der Waals surface area (Å²) in [6.45, 7) is 2.36. The third kappa shape index (κ3) is 3.17. The smallest absolute Gasteiger partial charge is 0.284 e. The van der Waals surface area contributed by atoms with Crippen molar-refractivity contribution in [2.75, 3.05) is 6.61 Å². The van der Waals surface area contributed by atoms with Gasteiger partial charge in [0, 0.05) is 5.71 Å². The maximum Gasteiger partial charge on any atom is 0.284 e. The van der Waals surface area contributed by atoms with Gasteiger partial charge in [0.1, 0.15) is 6.61 Å². The van der Waals surface area contributed by atoms with E-state index in [-0.39, 0.29) is 12.5 Å². The molecule has 1 heterocycles. The number of carbonyl (C=O) groups is 1. The Kier molecular flexibility index (Phi) is 4.08. The summed E-state index contributed by atoms with van der Waals surface area (Å²) >= 11 is 0. The molecule has 3 rings (SSSR count). The zero-order valence-electron chi connectivity index (χ0n) is 12.2. The van der Waals surface area contributed by atoms with Gasteiger partial charge in [0.2, 0.25) is 6.10 Å². The Morgan fingerprint density at radius 1 is 1.29 bits per heavy atom. The molecule has 1 N–H and O–H groups in total. The fourth-order valence-corrected chi connectivity index (χ4v) is 2.68. The van der Waals surface area contributed by atoms with E-state index in [0.717, 1.165) is 25.0 Å². The maximum atomic E-state index is 12.1. The monoisotopic (exact) mass is 288 g/mol. The van der Waals surface area contributed by atoms with E-state index in [1.807, 2.05) is 18.2 Å². The molecule has 0 bridgehead atoms. The average Bonchev–Trinajstić information content (AvgIpc) is 2.53. The lowest BCUT2D eigenvalue weighted by atomic mass is 9.89. The van der Waals surface area contributed by atoms with Gasteiger partial charge in [-0.15, -0.1) is 0 Å². The van der Waals surface area contributed by atoms with E-state index in [0.29, 0.717) is 17.4 Å². The van der Waals surface area contributed by atoms with E-state index in [1.165, 1.54) is 6.42 Å². The molecule has 0 saturated heterocycles. The van der Waals surface area contributed by atoms with E-state index in [1.54, 1.807) is 6.07 Å². The number of nitrogens with one attached hydrogen (secondary N) is 1. The second-order valence-electron chi connectivity index (χ2n) is 5.59. The van der Waals surface area contributed by atoms with E-state index in [9.17, 15) is 4.79 Å². The molecule has 1 amide bonds. The fraction of sp³-hybridized carbons (Fsp3) is 0.500. The highest BCUT2D eigenvalue weighted by atomic mass is 16.6. The number of amides is 1. The quantitative estimate of drug-likeness (QED) is 0.851. The van der Waals surface area contributed by atoms with Crippen LogP contribution in [0, 0.1) is 5.92 Å². The molecule has 1 aromatic rings. The average molecular weight is 288 g/mol. The van der Waals surface area contributed by atoms with Gasteiger partial charge in [0.25, 0.3) is 5.91 Å². The standard InChI is InChI=1S/C16H20N2O3/c1-11-6-2-3-7-12(11)17-18-16(19)15-10-20-13-8-4-5-9-14(13)21-15/h4-5,8-9,11,15H,2-3,6-7,10H2,1H3,(H,18,19)/b17-12-/t11-,15-/m1/s1. The Hall–Kier alpha value is -2.04. The van der Waals surface area contributed by atoms with Crippen molar-refractivity contribution in [1.82, 2.24) is 5.43 Å². The highest BCUT2D eigenvalue weighted by Gasteiger charge is 2.27. The molecule has 1 fully saturated rings. The summed E-state index contributed by atoms with van der Waals surface area (Å²) in [5.41, 5.74) is 3.70. The Morgan fingerprint density at radius 2 is 2.10 bits per heavy atom. The molecule has 21 heavy (non-hydrogen) atoms. The minimum atomic E-state index is -0.650. The van der Waals surface area contributed by atoms with Gasteiger partial charge in [0.05, 0.1) is 0 Å². The molecule has 2 aliphatic rings. The summed E-state index contributed by atoms with van der Waals surface area (Å²) in [4.78, 5) is 12.1. The second-order valence-corrected chi connectivity index (χ2v) is 5.59. The van der Waals surface area contributed by atoms with Crippen LogP contribution in [0.15, 0.2) is 29.4 Å². The van der Waals surface area contributed by atoms with Gasteiger partial charge in [-0.2, -0.15) is 5.10 Å². The normalized spacial score (nSPS) is 26.4. The first kappa shape index (κ1) is 13.9. The van der Waals surface area contributed by atoms with Crippen LogP contribution in [0.1, 0.15) is 32.6 Å². The molecule has 1 aliphatic heterocycles. The number of hydrogen-bond acceptors (Lipinski definition) is 4. The van der Waals surface area contributed by atoms with Crippen LogP contribution in [-0.4, -0.2) is 24.3 Å². The van der Waals surface area contributed by atoms with Gasteiger partial charge in [-0.05, 0) is 37.3 Å². The second kappa shape index (κ2) is 6.16. The first-order valence-corrected chi connectivity index (χ1v) is 7.49. The van der Waals surface area contributed by atoms with Crippen LogP contribution in [0.5, 0.6) is 11.5 Å². The number of ether oxygens (including phenoxy) is 2. The summed E-state index contributed by atoms with van der Waals surface area (Å²) in [7, 11) is 0. The molecule has 0 aromatic heterocycles. The van der Waals surface area contributed by atoms with Crippen LogP contribution < -0.4 is 14.9 Å². The molecule has 112 valence electrons. The summed E-state index contributed by atoms with van der Waals surface area (Å²) in [5.74, 6) is 1.47. The van der Waals surface area contributed by atoms with E-state index >= 15 is 0 Å². The molecular formula is C16H20N2O3. The van der Waals surface area contributed by atoms with Crippen molar-refractivity contribution >= 4 is 11.6 Å². The van der Waals surface area contributed by atoms with Crippen molar-refractivity contribution in [3.05, 3.63) is 24.3 Å². The van der Waals surface area contributed by atoms with Gasteiger partial charge in [-0.1, -0.05) is 25.5 Å². The van der Waals surface area contributed by atoms with Crippen molar-refractivity contribution in [2.24, 2.45) is 11.0 Å². The van der Waals surface area contributed by atoms with Gasteiger partial charge in [0.15, 0.2) is 11.5 Å². The molecule has 1 saturated carbocycles. The molecule has 5 nitrogen and oxygen atoms in total. The highest BCUT2D eigenvalue weighted by Crippen LogP contribution is 2.30. The number of benzene rings is 1. The third-order valence-corrected chi connectivity index (χ3v) is 4.00. The first-order chi connectivity index (χ1) is 10.2. The lowest BCUT2D eigenvalue weighted by Crippen LogP contribution is -2.42. The SMILES string of the molecule is C[C@@H]1CCCC/C1=N/NC(=O)[C@H]1COc2ccccc2O1. The molecule has 5 heteroatoms. The molecule has 1 aliphatic carbocycles. The maximum absolute atomic E-state index is 12.1. The largest absolute Gasteiger partial charge is 0.485 e. The minimum Gasteiger partial charge on any atom is -0.485 e. The highest BCUT2D eigenvalue weighted by molar-refractivity contribution is 5.89. The Balaban J connectivity index is 1.60. The summed E-state index contributed by atoms with van der Waals surface area (Å²) < 4.78 is 11.2. The molecule has 0 unspecified atom stereocenters. The van der Waals surface area contributed by atoms with Gasteiger partial charge in [-0.3, -0.25) is 4.79 Å². The number of hydrazone groups is 1. The van der Waals surface area contributed by atoms with Gasteiger partial charge in [-0.25, -0.2) is 5.43 Å². The lowest BCUT2D eigenvalue weighted by Gasteiger charge is -2.25. The zero-order valence-corrected chi connectivity index (χ0v) is 12.2. The van der Waals surface area contributed by atoms with Crippen LogP contribution in [0.2, 0.25) is 0 Å². The van der Waals surface area contributed by atoms with E-state index in [2.05, 4.69) is 17.5 Å². The molecular weight excluding hydrogens is 268 g/mol. The van der Waals surface area contributed by atoms with E-state index in [4.69, 9.17) is 9.47 Å². The Labute approximate surface area is 124 Å². The van der Waals surface area contributed by atoms with Crippen LogP contribution >= 0.6 is 0 Å². The minimum absolute atomic E-state index is 0.212. The molecule has 2 atom stereocenters. The Bertz CT molecular complexity index is 556. The summed E-state index contributed by atoms with van der Waals surface area (Å²) in [6.07, 6.45) is 3.85. The predicted octanol–water partition coefficient (Wildman–Crippen LogP) is 2.51. The predicted molar refractivity (Wildman–Crippen MR) is 79.6 cm³/mol. The number of rotatable bonds is 2. The first-order valence-electron chi connectivity index (χ1n) is 7.49. The van der Waals surface area contributed by atoms with Gasteiger partial charge >= 0.3 is 0 Å². The van der Waals surface area contributed by atoms with Crippen molar-refractivity contribution in [1.29, 1.82) is 0 Å². The number of para-hydroxylation sites is 2. The molecule has 1 aromatic carbocycles. The third-order valence-electron chi connectivity index (χ3n) is 4.00. The van der Waals surface area contributed by atoms with Crippen LogP contribution in [0.25, 0.3) is 0 Å². The summed E-state index contributed by atoms with van der Waals surface area (Å²) in [5, 5.41) is 4.28. The van der Waals surface area contributed by atoms with Crippen LogP contribution in [-0.2, 0) is 4.79 Å².